The summed E-state index contributed by atoms with van der Waals surface area (Å²) in [5, 5.41) is -0.113. The van der Waals surface area contributed by atoms with Crippen molar-refractivity contribution in [2.45, 2.75) is 48.4 Å². The number of halogens is 5. The normalized spacial score (nSPS) is 20.4. The summed E-state index contributed by atoms with van der Waals surface area (Å²) in [5.74, 6) is -1.32. The first-order chi connectivity index (χ1) is 17.8. The molecule has 0 saturated heterocycles. The lowest BCUT2D eigenvalue weighted by molar-refractivity contribution is -0.141. The van der Waals surface area contributed by atoms with Crippen molar-refractivity contribution >= 4 is 27.4 Å². The summed E-state index contributed by atoms with van der Waals surface area (Å²) in [4.78, 5) is 12.1. The predicted octanol–water partition coefficient (Wildman–Crippen LogP) is 5.13. The second kappa shape index (κ2) is 11.0. The topological polar surface area (TPSA) is 97.3 Å². The van der Waals surface area contributed by atoms with E-state index in [1.165, 1.54) is 12.3 Å². The van der Waals surface area contributed by atoms with Crippen molar-refractivity contribution in [3.05, 3.63) is 71.2 Å². The molecule has 1 fully saturated rings. The molecule has 3 atom stereocenters. The van der Waals surface area contributed by atoms with Crippen LogP contribution in [0, 0.1) is 5.82 Å². The molecule has 0 amide bonds. The Morgan fingerprint density at radius 2 is 1.87 bits per heavy atom. The van der Waals surface area contributed by atoms with E-state index in [4.69, 9.17) is 16.3 Å². The van der Waals surface area contributed by atoms with Crippen LogP contribution in [0.15, 0.2) is 53.9 Å². The highest BCUT2D eigenvalue weighted by Crippen LogP contribution is 2.40. The van der Waals surface area contributed by atoms with E-state index in [-0.39, 0.29) is 28.5 Å². The first-order valence-electron chi connectivity index (χ1n) is 11.5. The standard InChI is InChI=1S/C24H24ClF4N5O3S/c1-34(2)18-9-14(15-5-8-31-22(10-15)24(27,28)29)3-4-19(18)37-20-12-17(26)21(11-16(20)25)38(35,36)33-23-6-7-30-13-32-23/h5-8,10-14,18-19H,3-4,9H2,1-2H3,(H,30,32,33)/t14-,18-,19-/m0/s1. The van der Waals surface area contributed by atoms with Crippen molar-refractivity contribution in [2.75, 3.05) is 18.8 Å². The third kappa shape index (κ3) is 6.33. The Morgan fingerprint density at radius 1 is 1.11 bits per heavy atom. The van der Waals surface area contributed by atoms with E-state index in [9.17, 15) is 26.0 Å². The van der Waals surface area contributed by atoms with Crippen molar-refractivity contribution in [1.29, 1.82) is 0 Å². The molecular formula is C24H24ClF4N5O3S. The number of alkyl halides is 3. The molecule has 3 aromatic rings. The van der Waals surface area contributed by atoms with Crippen LogP contribution < -0.4 is 9.46 Å². The lowest BCUT2D eigenvalue weighted by Gasteiger charge is -2.40. The Hall–Kier alpha value is -3.03. The fraction of sp³-hybridized carbons (Fsp3) is 0.375. The van der Waals surface area contributed by atoms with E-state index < -0.39 is 38.7 Å². The van der Waals surface area contributed by atoms with Crippen LogP contribution in [0.2, 0.25) is 5.02 Å². The maximum absolute atomic E-state index is 15.0. The molecular weight excluding hydrogens is 550 g/mol. The zero-order valence-corrected chi connectivity index (χ0v) is 21.9. The van der Waals surface area contributed by atoms with Crippen LogP contribution in [0.4, 0.5) is 23.4 Å². The second-order valence-corrected chi connectivity index (χ2v) is 11.1. The first-order valence-corrected chi connectivity index (χ1v) is 13.4. The predicted molar refractivity (Wildman–Crippen MR) is 132 cm³/mol. The van der Waals surface area contributed by atoms with Gasteiger partial charge in [0.05, 0.1) is 5.02 Å². The highest BCUT2D eigenvalue weighted by molar-refractivity contribution is 7.92. The van der Waals surface area contributed by atoms with Crippen LogP contribution in [0.3, 0.4) is 0 Å². The Kier molecular flexibility index (Phi) is 8.09. The van der Waals surface area contributed by atoms with Gasteiger partial charge < -0.3 is 9.64 Å². The number of likely N-dealkylation sites (N-methyl/N-ethyl adjacent to an activating group) is 1. The number of pyridine rings is 1. The molecule has 0 spiro atoms. The molecule has 204 valence electrons. The average Bonchev–Trinajstić information content (AvgIpc) is 2.86. The zero-order chi connectivity index (χ0) is 27.7. The van der Waals surface area contributed by atoms with Gasteiger partial charge in [0.2, 0.25) is 0 Å². The van der Waals surface area contributed by atoms with E-state index in [0.29, 0.717) is 24.8 Å². The van der Waals surface area contributed by atoms with E-state index in [1.807, 2.05) is 19.0 Å². The van der Waals surface area contributed by atoms with Gasteiger partial charge in [-0.15, -0.1) is 0 Å². The summed E-state index contributed by atoms with van der Waals surface area (Å²) in [6.45, 7) is 0. The van der Waals surface area contributed by atoms with Crippen LogP contribution in [-0.4, -0.2) is 54.5 Å². The molecule has 1 aliphatic rings. The van der Waals surface area contributed by atoms with Crippen molar-refractivity contribution in [3.63, 3.8) is 0 Å². The summed E-state index contributed by atoms with van der Waals surface area (Å²) in [7, 11) is -0.715. The molecule has 38 heavy (non-hydrogen) atoms. The number of sulfonamides is 1. The largest absolute Gasteiger partial charge is 0.487 e. The Balaban J connectivity index is 1.52. The van der Waals surface area contributed by atoms with Crippen LogP contribution in [0.5, 0.6) is 5.75 Å². The summed E-state index contributed by atoms with van der Waals surface area (Å²) in [6.07, 6.45) is 0.0577. The lowest BCUT2D eigenvalue weighted by Crippen LogP contribution is -2.46. The van der Waals surface area contributed by atoms with Gasteiger partial charge in [0.15, 0.2) is 0 Å². The molecule has 1 N–H and O–H groups in total. The summed E-state index contributed by atoms with van der Waals surface area (Å²) in [6, 6.07) is 5.59. The van der Waals surface area contributed by atoms with E-state index in [1.54, 1.807) is 6.07 Å². The molecule has 2 heterocycles. The van der Waals surface area contributed by atoms with Crippen LogP contribution in [-0.2, 0) is 16.2 Å². The summed E-state index contributed by atoms with van der Waals surface area (Å²) < 4.78 is 88.0. The Bertz CT molecular complexity index is 1390. The second-order valence-electron chi connectivity index (χ2n) is 9.08. The molecule has 2 aromatic heterocycles. The van der Waals surface area contributed by atoms with Crippen LogP contribution in [0.25, 0.3) is 0 Å². The van der Waals surface area contributed by atoms with Gasteiger partial charge in [0.1, 0.15) is 40.4 Å². The van der Waals surface area contributed by atoms with Gasteiger partial charge in [0, 0.05) is 24.5 Å². The minimum absolute atomic E-state index is 0.0382. The minimum Gasteiger partial charge on any atom is -0.487 e. The van der Waals surface area contributed by atoms with Gasteiger partial charge in [-0.2, -0.15) is 13.2 Å². The van der Waals surface area contributed by atoms with E-state index >= 15 is 0 Å². The van der Waals surface area contributed by atoms with E-state index in [0.717, 1.165) is 30.7 Å². The van der Waals surface area contributed by atoms with Gasteiger partial charge >= 0.3 is 6.18 Å². The fourth-order valence-corrected chi connectivity index (χ4v) is 5.84. The molecule has 1 aliphatic carbocycles. The zero-order valence-electron chi connectivity index (χ0n) is 20.3. The molecule has 0 radical (unpaired) electrons. The number of anilines is 1. The number of ether oxygens (including phenoxy) is 1. The number of hydrogen-bond acceptors (Lipinski definition) is 7. The highest BCUT2D eigenvalue weighted by Gasteiger charge is 2.37. The van der Waals surface area contributed by atoms with Crippen molar-refractivity contribution < 1.29 is 30.7 Å². The van der Waals surface area contributed by atoms with Crippen molar-refractivity contribution in [2.24, 2.45) is 0 Å². The Labute approximate surface area is 222 Å². The molecule has 8 nitrogen and oxygen atoms in total. The van der Waals surface area contributed by atoms with Gasteiger partial charge in [-0.25, -0.2) is 22.8 Å². The molecule has 1 aromatic carbocycles. The number of nitrogens with zero attached hydrogens (tertiary/aromatic N) is 4. The maximum Gasteiger partial charge on any atom is 0.433 e. The lowest BCUT2D eigenvalue weighted by atomic mass is 9.79. The minimum atomic E-state index is -4.54. The van der Waals surface area contributed by atoms with Crippen molar-refractivity contribution in [3.8, 4) is 5.75 Å². The average molecular weight is 574 g/mol. The first kappa shape index (κ1) is 28.0. The molecule has 0 unspecified atom stereocenters. The Morgan fingerprint density at radius 3 is 2.53 bits per heavy atom. The number of rotatable bonds is 7. The highest BCUT2D eigenvalue weighted by atomic mass is 35.5. The smallest absolute Gasteiger partial charge is 0.433 e. The maximum atomic E-state index is 15.0. The van der Waals surface area contributed by atoms with Crippen LogP contribution in [0.1, 0.15) is 36.4 Å². The molecule has 14 heteroatoms. The number of hydrogen-bond donors (Lipinski definition) is 1. The van der Waals surface area contributed by atoms with E-state index in [2.05, 4.69) is 19.7 Å². The number of aromatic nitrogens is 3. The molecule has 4 rings (SSSR count). The monoisotopic (exact) mass is 573 g/mol. The van der Waals surface area contributed by atoms with Crippen molar-refractivity contribution in [1.82, 2.24) is 19.9 Å². The van der Waals surface area contributed by atoms with Crippen LogP contribution >= 0.6 is 11.6 Å². The van der Waals surface area contributed by atoms with Gasteiger partial charge in [0.25, 0.3) is 10.0 Å². The molecule has 0 bridgehead atoms. The molecule has 0 aliphatic heterocycles. The fourth-order valence-electron chi connectivity index (χ4n) is 4.47. The SMILES string of the molecule is CN(C)[C@H]1C[C@@H](c2ccnc(C(F)(F)F)c2)CC[C@@H]1Oc1cc(F)c(S(=O)(=O)Nc2ccncn2)cc1Cl. The number of nitrogens with one attached hydrogen (secondary N) is 1. The van der Waals surface area contributed by atoms with Gasteiger partial charge in [-0.05, 0) is 69.1 Å². The summed E-state index contributed by atoms with van der Waals surface area (Å²) in [5.41, 5.74) is -0.409. The quantitative estimate of drug-likeness (QED) is 0.391. The molecule has 1 saturated carbocycles. The third-order valence-electron chi connectivity index (χ3n) is 6.34. The summed E-state index contributed by atoms with van der Waals surface area (Å²) >= 11 is 6.31. The number of benzene rings is 1. The van der Waals surface area contributed by atoms with Gasteiger partial charge in [-0.1, -0.05) is 11.6 Å². The van der Waals surface area contributed by atoms with Gasteiger partial charge in [-0.3, -0.25) is 9.71 Å². The third-order valence-corrected chi connectivity index (χ3v) is 8.00.